The van der Waals surface area contributed by atoms with E-state index in [0.717, 1.165) is 5.56 Å². The summed E-state index contributed by atoms with van der Waals surface area (Å²) in [4.78, 5) is 28.1. The number of halogens is 1. The van der Waals surface area contributed by atoms with Gasteiger partial charge in [0.25, 0.3) is 11.8 Å². The average molecular weight is 447 g/mol. The van der Waals surface area contributed by atoms with Gasteiger partial charge in [-0.25, -0.2) is 4.90 Å². The van der Waals surface area contributed by atoms with E-state index in [9.17, 15) is 9.59 Å². The molecule has 162 valence electrons. The summed E-state index contributed by atoms with van der Waals surface area (Å²) < 4.78 is 5.20. The van der Waals surface area contributed by atoms with Crippen LogP contribution in [-0.2, 0) is 9.59 Å². The van der Waals surface area contributed by atoms with Crippen LogP contribution in [0.25, 0.3) is 5.57 Å². The van der Waals surface area contributed by atoms with Crippen molar-refractivity contribution in [3.8, 4) is 5.75 Å². The van der Waals surface area contributed by atoms with Crippen molar-refractivity contribution in [2.24, 2.45) is 0 Å². The van der Waals surface area contributed by atoms with Crippen LogP contribution in [0.1, 0.15) is 30.9 Å². The van der Waals surface area contributed by atoms with Gasteiger partial charge in [-0.3, -0.25) is 9.59 Å². The molecule has 5 nitrogen and oxygen atoms in total. The van der Waals surface area contributed by atoms with E-state index < -0.39 is 5.91 Å². The Kier molecular flexibility index (Phi) is 6.01. The van der Waals surface area contributed by atoms with Crippen LogP contribution in [-0.4, -0.2) is 18.9 Å². The highest BCUT2D eigenvalue weighted by Crippen LogP contribution is 2.35. The number of imide groups is 1. The number of hydrogen-bond acceptors (Lipinski definition) is 4. The first-order chi connectivity index (χ1) is 15.4. The Balaban J connectivity index is 1.76. The van der Waals surface area contributed by atoms with E-state index in [1.807, 2.05) is 42.5 Å². The van der Waals surface area contributed by atoms with Gasteiger partial charge < -0.3 is 10.1 Å². The molecule has 6 heteroatoms. The second-order valence-corrected chi connectivity index (χ2v) is 8.19. The van der Waals surface area contributed by atoms with Gasteiger partial charge in [0.05, 0.1) is 23.4 Å². The van der Waals surface area contributed by atoms with Crippen molar-refractivity contribution in [2.75, 3.05) is 17.3 Å². The van der Waals surface area contributed by atoms with Crippen molar-refractivity contribution in [1.29, 1.82) is 0 Å². The van der Waals surface area contributed by atoms with E-state index in [1.54, 1.807) is 30.3 Å². The van der Waals surface area contributed by atoms with Gasteiger partial charge in [-0.1, -0.05) is 67.9 Å². The van der Waals surface area contributed by atoms with E-state index in [-0.39, 0.29) is 11.6 Å². The van der Waals surface area contributed by atoms with E-state index in [4.69, 9.17) is 16.3 Å². The fraction of sp³-hybridized carbons (Fsp3) is 0.154. The van der Waals surface area contributed by atoms with Gasteiger partial charge in [0.15, 0.2) is 0 Å². The van der Waals surface area contributed by atoms with Crippen molar-refractivity contribution < 1.29 is 14.3 Å². The van der Waals surface area contributed by atoms with Crippen LogP contribution in [0.15, 0.2) is 78.5 Å². The number of methoxy groups -OCH3 is 1. The van der Waals surface area contributed by atoms with Gasteiger partial charge in [0.1, 0.15) is 11.4 Å². The molecule has 0 saturated heterocycles. The van der Waals surface area contributed by atoms with Gasteiger partial charge in [-0.2, -0.15) is 0 Å². The summed E-state index contributed by atoms with van der Waals surface area (Å²) in [5.41, 5.74) is 3.43. The number of carbonyl (C=O) groups is 2. The van der Waals surface area contributed by atoms with Crippen molar-refractivity contribution in [1.82, 2.24) is 0 Å². The van der Waals surface area contributed by atoms with E-state index >= 15 is 0 Å². The van der Waals surface area contributed by atoms with Gasteiger partial charge in [-0.15, -0.1) is 0 Å². The predicted molar refractivity (Wildman–Crippen MR) is 128 cm³/mol. The fourth-order valence-electron chi connectivity index (χ4n) is 3.65. The van der Waals surface area contributed by atoms with Crippen LogP contribution in [0.5, 0.6) is 5.75 Å². The number of anilines is 2. The van der Waals surface area contributed by atoms with E-state index in [2.05, 4.69) is 19.2 Å². The van der Waals surface area contributed by atoms with Crippen LogP contribution in [0.2, 0.25) is 5.02 Å². The molecule has 1 aliphatic rings. The lowest BCUT2D eigenvalue weighted by molar-refractivity contribution is -0.120. The Morgan fingerprint density at radius 3 is 2.19 bits per heavy atom. The van der Waals surface area contributed by atoms with Gasteiger partial charge in [-0.05, 0) is 47.4 Å². The molecule has 0 aromatic heterocycles. The quantitative estimate of drug-likeness (QED) is 0.481. The zero-order valence-electron chi connectivity index (χ0n) is 18.1. The summed E-state index contributed by atoms with van der Waals surface area (Å²) in [6.07, 6.45) is 0. The molecule has 0 saturated carbocycles. The lowest BCUT2D eigenvalue weighted by atomic mass is 10.0. The minimum absolute atomic E-state index is 0.204. The Bertz CT molecular complexity index is 1200. The normalized spacial score (nSPS) is 13.8. The molecule has 32 heavy (non-hydrogen) atoms. The maximum Gasteiger partial charge on any atom is 0.282 e. The number of benzene rings is 3. The third-order valence-electron chi connectivity index (χ3n) is 5.39. The van der Waals surface area contributed by atoms with E-state index in [1.165, 1.54) is 12.0 Å². The SMILES string of the molecule is COc1ccc(NC2=C(c3ccccc3)C(=O)N(c3ccc(C(C)C)cc3)C2=O)cc1Cl. The summed E-state index contributed by atoms with van der Waals surface area (Å²) in [6, 6.07) is 21.8. The van der Waals surface area contributed by atoms with Crippen LogP contribution >= 0.6 is 11.6 Å². The van der Waals surface area contributed by atoms with Gasteiger partial charge in [0, 0.05) is 5.69 Å². The zero-order chi connectivity index (χ0) is 22.8. The molecule has 3 aromatic rings. The summed E-state index contributed by atoms with van der Waals surface area (Å²) in [5.74, 6) is 0.0814. The van der Waals surface area contributed by atoms with Crippen LogP contribution in [0.4, 0.5) is 11.4 Å². The second-order valence-electron chi connectivity index (χ2n) is 7.78. The molecule has 0 bridgehead atoms. The first kappa shape index (κ1) is 21.7. The zero-order valence-corrected chi connectivity index (χ0v) is 18.8. The van der Waals surface area contributed by atoms with Crippen molar-refractivity contribution >= 4 is 40.4 Å². The minimum Gasteiger partial charge on any atom is -0.495 e. The fourth-order valence-corrected chi connectivity index (χ4v) is 3.91. The first-order valence-corrected chi connectivity index (χ1v) is 10.7. The predicted octanol–water partition coefficient (Wildman–Crippen LogP) is 5.87. The third kappa shape index (κ3) is 3.99. The molecule has 1 heterocycles. The maximum atomic E-state index is 13.5. The molecule has 0 spiro atoms. The standard InChI is InChI=1S/C26H23ClN2O3/c1-16(2)17-9-12-20(13-10-17)29-25(30)23(18-7-5-4-6-8-18)24(26(29)31)28-19-11-14-22(32-3)21(27)15-19/h4-16,28H,1-3H3. The number of rotatable bonds is 6. The second kappa shape index (κ2) is 8.89. The van der Waals surface area contributed by atoms with Crippen molar-refractivity contribution in [2.45, 2.75) is 19.8 Å². The molecule has 0 radical (unpaired) electrons. The topological polar surface area (TPSA) is 58.6 Å². The van der Waals surface area contributed by atoms with Crippen LogP contribution < -0.4 is 15.0 Å². The summed E-state index contributed by atoms with van der Waals surface area (Å²) in [5, 5.41) is 3.52. The lowest BCUT2D eigenvalue weighted by Gasteiger charge is -2.16. The van der Waals surface area contributed by atoms with Crippen LogP contribution in [0.3, 0.4) is 0 Å². The smallest absolute Gasteiger partial charge is 0.282 e. The van der Waals surface area contributed by atoms with Crippen LogP contribution in [0, 0.1) is 0 Å². The Hall–Kier alpha value is -3.57. The molecule has 2 amide bonds. The van der Waals surface area contributed by atoms with E-state index in [0.29, 0.717) is 39.2 Å². The highest BCUT2D eigenvalue weighted by Gasteiger charge is 2.40. The number of hydrogen-bond donors (Lipinski definition) is 1. The third-order valence-corrected chi connectivity index (χ3v) is 5.68. The lowest BCUT2D eigenvalue weighted by Crippen LogP contribution is -2.32. The molecule has 1 N–H and O–H groups in total. The summed E-state index contributed by atoms with van der Waals surface area (Å²) in [7, 11) is 1.53. The monoisotopic (exact) mass is 446 g/mol. The minimum atomic E-state index is -0.418. The van der Waals surface area contributed by atoms with Crippen molar-refractivity contribution in [3.63, 3.8) is 0 Å². The van der Waals surface area contributed by atoms with Crippen molar-refractivity contribution in [3.05, 3.63) is 94.6 Å². The number of amides is 2. The Morgan fingerprint density at radius 2 is 1.59 bits per heavy atom. The molecule has 0 unspecified atom stereocenters. The summed E-state index contributed by atoms with van der Waals surface area (Å²) >= 11 is 6.25. The molecule has 4 rings (SSSR count). The first-order valence-electron chi connectivity index (χ1n) is 10.3. The average Bonchev–Trinajstić information content (AvgIpc) is 3.04. The summed E-state index contributed by atoms with van der Waals surface area (Å²) in [6.45, 7) is 4.19. The molecule has 1 aliphatic heterocycles. The van der Waals surface area contributed by atoms with Gasteiger partial charge >= 0.3 is 0 Å². The van der Waals surface area contributed by atoms with Gasteiger partial charge in [0.2, 0.25) is 0 Å². The molecule has 0 atom stereocenters. The largest absolute Gasteiger partial charge is 0.495 e. The highest BCUT2D eigenvalue weighted by molar-refractivity contribution is 6.46. The Morgan fingerprint density at radius 1 is 0.906 bits per heavy atom. The molecule has 0 aliphatic carbocycles. The molecule has 0 fully saturated rings. The number of nitrogens with one attached hydrogen (secondary N) is 1. The maximum absolute atomic E-state index is 13.5. The number of carbonyl (C=O) groups excluding carboxylic acids is 2. The molecular weight excluding hydrogens is 424 g/mol. The highest BCUT2D eigenvalue weighted by atomic mass is 35.5. The number of ether oxygens (including phenoxy) is 1. The Labute approximate surface area is 192 Å². The molecule has 3 aromatic carbocycles. The molecular formula is C26H23ClN2O3. The number of nitrogens with zero attached hydrogens (tertiary/aromatic N) is 1.